The van der Waals surface area contributed by atoms with Crippen LogP contribution in [0.5, 0.6) is 0 Å². The highest BCUT2D eigenvalue weighted by molar-refractivity contribution is 5.87. The average Bonchev–Trinajstić information content (AvgIpc) is 3.06. The second-order valence-electron chi connectivity index (χ2n) is 6.30. The summed E-state index contributed by atoms with van der Waals surface area (Å²) < 4.78 is 0. The number of carboxylic acids is 1. The third-order valence-corrected chi connectivity index (χ3v) is 4.82. The van der Waals surface area contributed by atoms with E-state index in [1.165, 1.54) is 17.7 Å². The van der Waals surface area contributed by atoms with Gasteiger partial charge in [0.2, 0.25) is 0 Å². The topological polar surface area (TPSA) is 72.9 Å². The fourth-order valence-corrected chi connectivity index (χ4v) is 3.60. The van der Waals surface area contributed by atoms with Crippen LogP contribution in [0.4, 0.5) is 4.79 Å². The maximum Gasteiger partial charge on any atom is 0.329 e. The molecular formula is C15H27N3O3. The van der Waals surface area contributed by atoms with E-state index in [4.69, 9.17) is 0 Å². The molecular weight excluding hydrogens is 270 g/mol. The number of carbonyl (C=O) groups is 2. The molecule has 2 aliphatic rings. The Kier molecular flexibility index (Phi) is 5.08. The monoisotopic (exact) mass is 297 g/mol. The Balaban J connectivity index is 1.93. The van der Waals surface area contributed by atoms with Gasteiger partial charge in [-0.05, 0) is 52.1 Å². The lowest BCUT2D eigenvalue weighted by molar-refractivity contribution is -0.148. The van der Waals surface area contributed by atoms with Crippen molar-refractivity contribution in [2.75, 3.05) is 26.2 Å². The van der Waals surface area contributed by atoms with Gasteiger partial charge in [-0.15, -0.1) is 0 Å². The van der Waals surface area contributed by atoms with Gasteiger partial charge in [-0.1, -0.05) is 6.92 Å². The summed E-state index contributed by atoms with van der Waals surface area (Å²) in [4.78, 5) is 27.9. The minimum atomic E-state index is -1.02. The zero-order chi connectivity index (χ0) is 15.5. The summed E-state index contributed by atoms with van der Waals surface area (Å²) in [5, 5.41) is 12.5. The van der Waals surface area contributed by atoms with E-state index in [2.05, 4.69) is 10.2 Å². The third-order valence-electron chi connectivity index (χ3n) is 4.82. The molecule has 2 heterocycles. The molecule has 2 saturated heterocycles. The van der Waals surface area contributed by atoms with Crippen LogP contribution in [0, 0.1) is 0 Å². The first-order valence-corrected chi connectivity index (χ1v) is 8.03. The predicted octanol–water partition coefficient (Wildman–Crippen LogP) is 1.51. The minimum Gasteiger partial charge on any atom is -0.479 e. The first-order chi connectivity index (χ1) is 9.99. The molecule has 6 heteroatoms. The number of urea groups is 1. The summed E-state index contributed by atoms with van der Waals surface area (Å²) in [5.74, 6) is -0.884. The molecule has 0 aromatic carbocycles. The van der Waals surface area contributed by atoms with Gasteiger partial charge in [-0.2, -0.15) is 0 Å². The molecule has 2 atom stereocenters. The van der Waals surface area contributed by atoms with Crippen molar-refractivity contribution in [3.63, 3.8) is 0 Å². The van der Waals surface area contributed by atoms with E-state index in [0.29, 0.717) is 19.4 Å². The zero-order valence-corrected chi connectivity index (χ0v) is 13.1. The van der Waals surface area contributed by atoms with E-state index in [1.807, 2.05) is 13.8 Å². The molecule has 0 bridgehead atoms. The van der Waals surface area contributed by atoms with Crippen molar-refractivity contribution in [1.82, 2.24) is 15.1 Å². The zero-order valence-electron chi connectivity index (χ0n) is 13.1. The molecule has 0 aliphatic carbocycles. The molecule has 2 aliphatic heterocycles. The fourth-order valence-electron chi connectivity index (χ4n) is 3.60. The SMILES string of the molecule is CCC1(C(=O)O)CCCN1C(=O)NC(C)CN1CCCC1. The number of aliphatic carboxylic acids is 1. The van der Waals surface area contributed by atoms with Gasteiger partial charge in [0.15, 0.2) is 0 Å². The van der Waals surface area contributed by atoms with Gasteiger partial charge in [-0.25, -0.2) is 9.59 Å². The number of amides is 2. The quantitative estimate of drug-likeness (QED) is 0.807. The highest BCUT2D eigenvalue weighted by atomic mass is 16.4. The highest BCUT2D eigenvalue weighted by Crippen LogP contribution is 2.32. The predicted molar refractivity (Wildman–Crippen MR) is 80.3 cm³/mol. The van der Waals surface area contributed by atoms with E-state index in [1.54, 1.807) is 0 Å². The van der Waals surface area contributed by atoms with Crippen molar-refractivity contribution in [3.05, 3.63) is 0 Å². The molecule has 2 rings (SSSR count). The molecule has 21 heavy (non-hydrogen) atoms. The summed E-state index contributed by atoms with van der Waals surface area (Å²) >= 11 is 0. The van der Waals surface area contributed by atoms with Gasteiger partial charge in [-0.3, -0.25) is 0 Å². The molecule has 2 amide bonds. The van der Waals surface area contributed by atoms with Crippen molar-refractivity contribution in [1.29, 1.82) is 0 Å². The van der Waals surface area contributed by atoms with E-state index in [9.17, 15) is 14.7 Å². The number of hydrogen-bond acceptors (Lipinski definition) is 3. The molecule has 2 unspecified atom stereocenters. The Morgan fingerprint density at radius 2 is 1.90 bits per heavy atom. The lowest BCUT2D eigenvalue weighted by Crippen LogP contribution is -2.57. The molecule has 6 nitrogen and oxygen atoms in total. The number of hydrogen-bond donors (Lipinski definition) is 2. The smallest absolute Gasteiger partial charge is 0.329 e. The normalized spacial score (nSPS) is 27.8. The number of carbonyl (C=O) groups excluding carboxylic acids is 1. The van der Waals surface area contributed by atoms with Gasteiger partial charge in [0.25, 0.3) is 0 Å². The van der Waals surface area contributed by atoms with Crippen molar-refractivity contribution in [2.24, 2.45) is 0 Å². The number of carboxylic acid groups (broad SMARTS) is 1. The maximum absolute atomic E-state index is 12.4. The van der Waals surface area contributed by atoms with Crippen LogP contribution in [0.25, 0.3) is 0 Å². The highest BCUT2D eigenvalue weighted by Gasteiger charge is 2.48. The van der Waals surface area contributed by atoms with Crippen LogP contribution >= 0.6 is 0 Å². The number of nitrogens with one attached hydrogen (secondary N) is 1. The van der Waals surface area contributed by atoms with Gasteiger partial charge < -0.3 is 20.2 Å². The standard InChI is InChI=1S/C15H27N3O3/c1-3-15(13(19)20)7-6-10-18(15)14(21)16-12(2)11-17-8-4-5-9-17/h12H,3-11H2,1-2H3,(H,16,21)(H,19,20). The summed E-state index contributed by atoms with van der Waals surface area (Å²) in [5.41, 5.74) is -1.02. The molecule has 0 saturated carbocycles. The van der Waals surface area contributed by atoms with E-state index in [0.717, 1.165) is 26.1 Å². The van der Waals surface area contributed by atoms with Gasteiger partial charge in [0.05, 0.1) is 0 Å². The molecule has 0 spiro atoms. The lowest BCUT2D eigenvalue weighted by atomic mass is 9.93. The first-order valence-electron chi connectivity index (χ1n) is 8.03. The van der Waals surface area contributed by atoms with Crippen molar-refractivity contribution >= 4 is 12.0 Å². The number of likely N-dealkylation sites (tertiary alicyclic amines) is 2. The summed E-state index contributed by atoms with van der Waals surface area (Å²) in [6.45, 7) is 7.39. The third kappa shape index (κ3) is 3.31. The van der Waals surface area contributed by atoms with Gasteiger partial charge in [0, 0.05) is 19.1 Å². The summed E-state index contributed by atoms with van der Waals surface area (Å²) in [6, 6.07) is -0.192. The van der Waals surface area contributed by atoms with Gasteiger partial charge in [0.1, 0.15) is 5.54 Å². The second-order valence-corrected chi connectivity index (χ2v) is 6.30. The molecule has 120 valence electrons. The van der Waals surface area contributed by atoms with Crippen molar-refractivity contribution in [2.45, 2.75) is 57.5 Å². The van der Waals surface area contributed by atoms with E-state index >= 15 is 0 Å². The Labute approximate surface area is 126 Å². The Bertz CT molecular complexity index is 396. The van der Waals surface area contributed by atoms with Gasteiger partial charge >= 0.3 is 12.0 Å². The Morgan fingerprint density at radius 3 is 2.48 bits per heavy atom. The first kappa shape index (κ1) is 16.1. The average molecular weight is 297 g/mol. The van der Waals surface area contributed by atoms with Crippen molar-refractivity contribution in [3.8, 4) is 0 Å². The van der Waals surface area contributed by atoms with E-state index < -0.39 is 11.5 Å². The van der Waals surface area contributed by atoms with Crippen LogP contribution in [0.15, 0.2) is 0 Å². The van der Waals surface area contributed by atoms with Crippen LogP contribution in [0.2, 0.25) is 0 Å². The summed E-state index contributed by atoms with van der Waals surface area (Å²) in [6.07, 6.45) is 4.21. The Hall–Kier alpha value is -1.30. The largest absolute Gasteiger partial charge is 0.479 e. The second kappa shape index (κ2) is 6.64. The van der Waals surface area contributed by atoms with Crippen LogP contribution in [0.3, 0.4) is 0 Å². The van der Waals surface area contributed by atoms with E-state index in [-0.39, 0.29) is 12.1 Å². The minimum absolute atomic E-state index is 0.0413. The fraction of sp³-hybridized carbons (Fsp3) is 0.867. The maximum atomic E-state index is 12.4. The molecule has 0 aromatic heterocycles. The Morgan fingerprint density at radius 1 is 1.24 bits per heavy atom. The molecule has 0 radical (unpaired) electrons. The number of nitrogens with zero attached hydrogens (tertiary/aromatic N) is 2. The van der Waals surface area contributed by atoms with Crippen LogP contribution in [-0.4, -0.2) is 64.7 Å². The molecule has 0 aromatic rings. The summed E-state index contributed by atoms with van der Waals surface area (Å²) in [7, 11) is 0. The van der Waals surface area contributed by atoms with Crippen LogP contribution < -0.4 is 5.32 Å². The van der Waals surface area contributed by atoms with Crippen molar-refractivity contribution < 1.29 is 14.7 Å². The molecule has 2 N–H and O–H groups in total. The van der Waals surface area contributed by atoms with Crippen LogP contribution in [0.1, 0.15) is 46.0 Å². The lowest BCUT2D eigenvalue weighted by Gasteiger charge is -2.35. The molecule has 2 fully saturated rings. The van der Waals surface area contributed by atoms with Crippen LogP contribution in [-0.2, 0) is 4.79 Å². The number of rotatable bonds is 5.